The Labute approximate surface area is 218 Å². The summed E-state index contributed by atoms with van der Waals surface area (Å²) in [6.07, 6.45) is 5.90. The molecule has 1 aliphatic rings. The average molecular weight is 524 g/mol. The second-order valence-corrected chi connectivity index (χ2v) is 10.8. The van der Waals surface area contributed by atoms with Crippen molar-refractivity contribution in [1.29, 1.82) is 0 Å². The number of carbonyl (C=O) groups is 2. The first-order chi connectivity index (χ1) is 17.0. The van der Waals surface area contributed by atoms with Crippen LogP contribution in [0.5, 0.6) is 0 Å². The van der Waals surface area contributed by atoms with Gasteiger partial charge < -0.3 is 5.11 Å². The van der Waals surface area contributed by atoms with Gasteiger partial charge in [0.15, 0.2) is 0 Å². The van der Waals surface area contributed by atoms with Crippen molar-refractivity contribution in [3.05, 3.63) is 71.3 Å². The maximum Gasteiger partial charge on any atom is 0.305 e. The zero-order valence-electron chi connectivity index (χ0n) is 19.2. The van der Waals surface area contributed by atoms with Gasteiger partial charge in [-0.05, 0) is 42.5 Å². The Bertz CT molecular complexity index is 1250. The van der Waals surface area contributed by atoms with Gasteiger partial charge in [-0.3, -0.25) is 14.5 Å². The SMILES string of the molecule is CCCCSc1ccc(-c2nn(-c3ccccc3)cc2/C=C2\SC(=S)N(CCC(=O)O)C2=O)cc1. The number of carbonyl (C=O) groups excluding carboxylic acids is 1. The second-order valence-electron chi connectivity index (χ2n) is 7.92. The van der Waals surface area contributed by atoms with Crippen LogP contribution in [0.25, 0.3) is 23.0 Å². The second kappa shape index (κ2) is 11.7. The van der Waals surface area contributed by atoms with Crippen LogP contribution in [0.2, 0.25) is 0 Å². The van der Waals surface area contributed by atoms with Gasteiger partial charge in [0.25, 0.3) is 5.91 Å². The summed E-state index contributed by atoms with van der Waals surface area (Å²) < 4.78 is 2.17. The summed E-state index contributed by atoms with van der Waals surface area (Å²) in [5.41, 5.74) is 3.41. The van der Waals surface area contributed by atoms with Crippen LogP contribution in [-0.4, -0.2) is 48.3 Å². The fourth-order valence-corrected chi connectivity index (χ4v) is 5.81. The molecule has 9 heteroatoms. The van der Waals surface area contributed by atoms with E-state index in [0.717, 1.165) is 28.3 Å². The van der Waals surface area contributed by atoms with E-state index in [-0.39, 0.29) is 18.9 Å². The van der Waals surface area contributed by atoms with E-state index in [1.54, 1.807) is 10.8 Å². The van der Waals surface area contributed by atoms with Gasteiger partial charge in [0.2, 0.25) is 0 Å². The summed E-state index contributed by atoms with van der Waals surface area (Å²) in [6.45, 7) is 2.25. The number of carboxylic acid groups (broad SMARTS) is 1. The van der Waals surface area contributed by atoms with Gasteiger partial charge in [-0.1, -0.05) is 67.7 Å². The molecule has 0 radical (unpaired) electrons. The van der Waals surface area contributed by atoms with E-state index in [0.29, 0.717) is 9.23 Å². The fraction of sp³-hybridized carbons (Fsp3) is 0.231. The van der Waals surface area contributed by atoms with Gasteiger partial charge in [-0.15, -0.1) is 11.8 Å². The van der Waals surface area contributed by atoms with Crippen LogP contribution < -0.4 is 0 Å². The number of aliphatic carboxylic acids is 1. The van der Waals surface area contributed by atoms with Crippen molar-refractivity contribution in [3.8, 4) is 16.9 Å². The molecule has 1 N–H and O–H groups in total. The van der Waals surface area contributed by atoms with Gasteiger partial charge in [0, 0.05) is 28.8 Å². The summed E-state index contributed by atoms with van der Waals surface area (Å²) in [6, 6.07) is 18.1. The van der Waals surface area contributed by atoms with Crippen molar-refractivity contribution in [1.82, 2.24) is 14.7 Å². The Morgan fingerprint density at radius 1 is 1.17 bits per heavy atom. The first-order valence-electron chi connectivity index (χ1n) is 11.3. The summed E-state index contributed by atoms with van der Waals surface area (Å²) in [5.74, 6) is -0.152. The predicted molar refractivity (Wildman–Crippen MR) is 147 cm³/mol. The molecule has 35 heavy (non-hydrogen) atoms. The molecule has 4 rings (SSSR count). The molecule has 2 aromatic carbocycles. The van der Waals surface area contributed by atoms with Gasteiger partial charge in [0.1, 0.15) is 4.32 Å². The molecular weight excluding hydrogens is 499 g/mol. The number of carboxylic acids is 1. The molecule has 6 nitrogen and oxygen atoms in total. The highest BCUT2D eigenvalue weighted by molar-refractivity contribution is 8.26. The van der Waals surface area contributed by atoms with Crippen molar-refractivity contribution >= 4 is 58.0 Å². The zero-order chi connectivity index (χ0) is 24.8. The number of para-hydroxylation sites is 1. The predicted octanol–water partition coefficient (Wildman–Crippen LogP) is 6.11. The lowest BCUT2D eigenvalue weighted by molar-refractivity contribution is -0.137. The maximum absolute atomic E-state index is 13.0. The summed E-state index contributed by atoms with van der Waals surface area (Å²) in [5, 5.41) is 13.8. The Morgan fingerprint density at radius 2 is 1.91 bits per heavy atom. The third-order valence-corrected chi connectivity index (χ3v) is 7.84. The molecule has 0 unspecified atom stereocenters. The largest absolute Gasteiger partial charge is 0.481 e. The van der Waals surface area contributed by atoms with Crippen LogP contribution in [0, 0.1) is 0 Å². The number of hydrogen-bond donors (Lipinski definition) is 1. The summed E-state index contributed by atoms with van der Waals surface area (Å²) >= 11 is 8.37. The number of benzene rings is 2. The minimum absolute atomic E-state index is 0.0602. The number of hydrogen-bond acceptors (Lipinski definition) is 6. The summed E-state index contributed by atoms with van der Waals surface area (Å²) in [7, 11) is 0. The lowest BCUT2D eigenvalue weighted by atomic mass is 10.1. The number of nitrogens with zero attached hydrogens (tertiary/aromatic N) is 3. The van der Waals surface area contributed by atoms with Crippen LogP contribution >= 0.6 is 35.7 Å². The molecule has 180 valence electrons. The summed E-state index contributed by atoms with van der Waals surface area (Å²) in [4.78, 5) is 26.9. The van der Waals surface area contributed by atoms with Gasteiger partial charge in [0.05, 0.1) is 22.7 Å². The molecule has 0 aliphatic carbocycles. The first kappa shape index (κ1) is 25.2. The van der Waals surface area contributed by atoms with E-state index in [1.165, 1.54) is 34.4 Å². The van der Waals surface area contributed by atoms with E-state index in [2.05, 4.69) is 31.2 Å². The van der Waals surface area contributed by atoms with Gasteiger partial charge in [-0.2, -0.15) is 5.10 Å². The average Bonchev–Trinajstić information content (AvgIpc) is 3.39. The Hall–Kier alpha value is -2.88. The normalized spacial score (nSPS) is 14.8. The number of unbranched alkanes of at least 4 members (excludes halogenated alkanes) is 1. The van der Waals surface area contributed by atoms with Crippen molar-refractivity contribution in [2.75, 3.05) is 12.3 Å². The minimum atomic E-state index is -0.967. The molecule has 1 fully saturated rings. The first-order valence-corrected chi connectivity index (χ1v) is 13.5. The van der Waals surface area contributed by atoms with Crippen LogP contribution in [0.1, 0.15) is 31.7 Å². The van der Waals surface area contributed by atoms with E-state index >= 15 is 0 Å². The standard InChI is InChI=1S/C26H25N3O3S3/c1-2-3-15-34-21-11-9-18(10-12-21)24-19(17-29(27-24)20-7-5-4-6-8-20)16-22-25(32)28(26(33)35-22)14-13-23(30)31/h4-12,16-17H,2-3,13-15H2,1H3,(H,30,31)/b22-16-. The highest BCUT2D eigenvalue weighted by Gasteiger charge is 2.32. The molecule has 0 saturated carbocycles. The third-order valence-electron chi connectivity index (χ3n) is 5.37. The molecule has 0 atom stereocenters. The maximum atomic E-state index is 13.0. The van der Waals surface area contributed by atoms with Crippen LogP contribution in [-0.2, 0) is 9.59 Å². The van der Waals surface area contributed by atoms with Gasteiger partial charge in [-0.25, -0.2) is 4.68 Å². The monoisotopic (exact) mass is 523 g/mol. The quantitative estimate of drug-likeness (QED) is 0.149. The number of thioether (sulfide) groups is 2. The Kier molecular flexibility index (Phi) is 8.43. The van der Waals surface area contributed by atoms with Crippen molar-refractivity contribution in [2.24, 2.45) is 0 Å². The van der Waals surface area contributed by atoms with Crippen LogP contribution in [0.15, 0.2) is 70.6 Å². The van der Waals surface area contributed by atoms with Gasteiger partial charge >= 0.3 is 5.97 Å². The Morgan fingerprint density at radius 3 is 2.60 bits per heavy atom. The van der Waals surface area contributed by atoms with E-state index in [9.17, 15) is 9.59 Å². The Balaban J connectivity index is 1.67. The molecule has 2 heterocycles. The molecule has 0 bridgehead atoms. The van der Waals surface area contributed by atoms with Crippen molar-refractivity contribution in [2.45, 2.75) is 31.1 Å². The third kappa shape index (κ3) is 6.22. The van der Waals surface area contributed by atoms with E-state index in [1.807, 2.05) is 48.3 Å². The molecule has 0 spiro atoms. The number of rotatable bonds is 10. The smallest absolute Gasteiger partial charge is 0.305 e. The minimum Gasteiger partial charge on any atom is -0.481 e. The number of aromatic nitrogens is 2. The molecule has 1 saturated heterocycles. The molecule has 1 aliphatic heterocycles. The van der Waals surface area contributed by atoms with Crippen molar-refractivity contribution < 1.29 is 14.7 Å². The number of amides is 1. The van der Waals surface area contributed by atoms with E-state index < -0.39 is 5.97 Å². The molecule has 1 aromatic heterocycles. The lowest BCUT2D eigenvalue weighted by Gasteiger charge is -2.12. The molecule has 1 amide bonds. The van der Waals surface area contributed by atoms with Crippen LogP contribution in [0.4, 0.5) is 0 Å². The van der Waals surface area contributed by atoms with Crippen LogP contribution in [0.3, 0.4) is 0 Å². The van der Waals surface area contributed by atoms with E-state index in [4.69, 9.17) is 22.4 Å². The molecular formula is C26H25N3O3S3. The zero-order valence-corrected chi connectivity index (χ0v) is 21.7. The number of thiocarbonyl (C=S) groups is 1. The van der Waals surface area contributed by atoms with Crippen molar-refractivity contribution in [3.63, 3.8) is 0 Å². The topological polar surface area (TPSA) is 75.4 Å². The highest BCUT2D eigenvalue weighted by Crippen LogP contribution is 2.35. The molecule has 3 aromatic rings. The highest BCUT2D eigenvalue weighted by atomic mass is 32.2. The fourth-order valence-electron chi connectivity index (χ4n) is 3.52. The lowest BCUT2D eigenvalue weighted by Crippen LogP contribution is -2.30.